The summed E-state index contributed by atoms with van der Waals surface area (Å²) in [7, 11) is 0. The second-order valence-corrected chi connectivity index (χ2v) is 7.09. The zero-order valence-corrected chi connectivity index (χ0v) is 14.9. The SMILES string of the molecule is N=[N+]=C(C(=O)O[C@]1(c2ccc(F)cc2)CN2CCCC[C@@H]21)c1ccccc1. The number of rotatable bonds is 4. The molecule has 0 aliphatic carbocycles. The fraction of sp³-hybridized carbons (Fsp3) is 0.333. The Morgan fingerprint density at radius 1 is 1.15 bits per heavy atom. The molecular weight excluding hydrogens is 345 g/mol. The fourth-order valence-electron chi connectivity index (χ4n) is 4.22. The van der Waals surface area contributed by atoms with Crippen molar-refractivity contribution in [2.45, 2.75) is 30.9 Å². The molecule has 2 aliphatic rings. The first kappa shape index (κ1) is 17.6. The first-order valence-corrected chi connectivity index (χ1v) is 9.17. The number of piperidine rings is 1. The van der Waals surface area contributed by atoms with Gasteiger partial charge in [0.15, 0.2) is 5.60 Å². The summed E-state index contributed by atoms with van der Waals surface area (Å²) >= 11 is 0. The highest BCUT2D eigenvalue weighted by Crippen LogP contribution is 2.46. The van der Waals surface area contributed by atoms with E-state index in [0.29, 0.717) is 12.1 Å². The Labute approximate surface area is 157 Å². The standard InChI is InChI=1S/C21H21FN3O2/c22-17-11-9-16(10-12-17)21(14-25-13-5-4-8-18(21)25)27-20(26)19(24-23)15-6-2-1-3-7-15/h1-3,6-7,9-12,18,23H,4-5,8,13-14H2/q+1/t18-,21+/m1/s1. The van der Waals surface area contributed by atoms with Crippen molar-refractivity contribution < 1.29 is 18.7 Å². The predicted molar refractivity (Wildman–Crippen MR) is 96.9 cm³/mol. The lowest BCUT2D eigenvalue weighted by atomic mass is 9.73. The minimum Gasteiger partial charge on any atom is -0.442 e. The predicted octanol–water partition coefficient (Wildman–Crippen LogP) is 3.16. The quantitative estimate of drug-likeness (QED) is 0.391. The molecule has 2 fully saturated rings. The smallest absolute Gasteiger partial charge is 0.442 e. The van der Waals surface area contributed by atoms with Gasteiger partial charge in [-0.25, -0.2) is 9.18 Å². The number of carbonyl (C=O) groups excluding carboxylic acids is 1. The number of esters is 1. The van der Waals surface area contributed by atoms with Gasteiger partial charge in [-0.1, -0.05) is 36.8 Å². The second kappa shape index (κ2) is 7.06. The Bertz CT molecular complexity index is 893. The van der Waals surface area contributed by atoms with Crippen molar-refractivity contribution in [3.05, 3.63) is 71.5 Å². The van der Waals surface area contributed by atoms with Gasteiger partial charge >= 0.3 is 11.7 Å². The summed E-state index contributed by atoms with van der Waals surface area (Å²) in [5, 5.41) is 0. The molecule has 2 heterocycles. The fourth-order valence-corrected chi connectivity index (χ4v) is 4.22. The van der Waals surface area contributed by atoms with Gasteiger partial charge in [0.05, 0.1) is 21.9 Å². The van der Waals surface area contributed by atoms with Crippen LogP contribution in [0.1, 0.15) is 30.4 Å². The van der Waals surface area contributed by atoms with Gasteiger partial charge in [-0.3, -0.25) is 4.90 Å². The van der Waals surface area contributed by atoms with Crippen LogP contribution in [0.25, 0.3) is 0 Å². The lowest BCUT2D eigenvalue weighted by Crippen LogP contribution is -2.70. The third kappa shape index (κ3) is 3.07. The second-order valence-electron chi connectivity index (χ2n) is 7.09. The van der Waals surface area contributed by atoms with E-state index in [0.717, 1.165) is 31.4 Å². The summed E-state index contributed by atoms with van der Waals surface area (Å²) in [5.41, 5.74) is 7.94. The Hall–Kier alpha value is -2.82. The molecule has 0 spiro atoms. The van der Waals surface area contributed by atoms with Crippen molar-refractivity contribution in [3.63, 3.8) is 0 Å². The molecular formula is C21H21FN3O2+. The summed E-state index contributed by atoms with van der Waals surface area (Å²) in [4.78, 5) is 18.7. The van der Waals surface area contributed by atoms with Crippen LogP contribution in [0.15, 0.2) is 54.6 Å². The lowest BCUT2D eigenvalue weighted by Gasteiger charge is -2.58. The maximum absolute atomic E-state index is 13.4. The van der Waals surface area contributed by atoms with Crippen LogP contribution in [-0.4, -0.2) is 40.5 Å². The molecule has 27 heavy (non-hydrogen) atoms. The van der Waals surface area contributed by atoms with E-state index in [1.165, 1.54) is 12.1 Å². The third-order valence-corrected chi connectivity index (χ3v) is 5.55. The van der Waals surface area contributed by atoms with Crippen LogP contribution in [0, 0.1) is 11.3 Å². The van der Waals surface area contributed by atoms with Gasteiger partial charge in [-0.2, -0.15) is 0 Å². The molecule has 6 heteroatoms. The Balaban J connectivity index is 1.67. The van der Waals surface area contributed by atoms with Crippen molar-refractivity contribution >= 4 is 11.7 Å². The zero-order chi connectivity index (χ0) is 18.9. The number of ether oxygens (including phenoxy) is 1. The van der Waals surface area contributed by atoms with Crippen molar-refractivity contribution in [2.75, 3.05) is 13.1 Å². The van der Waals surface area contributed by atoms with E-state index in [4.69, 9.17) is 10.3 Å². The maximum Gasteiger partial charge on any atom is 0.455 e. The van der Waals surface area contributed by atoms with Crippen LogP contribution < -0.4 is 0 Å². The monoisotopic (exact) mass is 366 g/mol. The Morgan fingerprint density at radius 2 is 1.89 bits per heavy atom. The van der Waals surface area contributed by atoms with E-state index in [-0.39, 0.29) is 17.6 Å². The van der Waals surface area contributed by atoms with Crippen LogP contribution >= 0.6 is 0 Å². The molecule has 0 unspecified atom stereocenters. The average molecular weight is 366 g/mol. The largest absolute Gasteiger partial charge is 0.455 e. The van der Waals surface area contributed by atoms with Crippen molar-refractivity contribution in [3.8, 4) is 0 Å². The van der Waals surface area contributed by atoms with Crippen LogP contribution in [-0.2, 0) is 15.1 Å². The molecule has 2 aromatic rings. The minimum atomic E-state index is -0.823. The third-order valence-electron chi connectivity index (χ3n) is 5.55. The molecule has 0 bridgehead atoms. The highest BCUT2D eigenvalue weighted by Gasteiger charge is 2.58. The van der Waals surface area contributed by atoms with E-state index >= 15 is 0 Å². The molecule has 0 saturated carbocycles. The van der Waals surface area contributed by atoms with Gasteiger partial charge in [-0.05, 0) is 49.2 Å². The summed E-state index contributed by atoms with van der Waals surface area (Å²) in [5.74, 6) is -0.941. The number of carbonyl (C=O) groups is 1. The topological polar surface area (TPSA) is 67.5 Å². The highest BCUT2D eigenvalue weighted by molar-refractivity contribution is 6.40. The number of fused-ring (bicyclic) bond motifs is 1. The molecule has 0 aromatic heterocycles. The molecule has 0 amide bonds. The van der Waals surface area contributed by atoms with E-state index in [2.05, 4.69) is 9.69 Å². The van der Waals surface area contributed by atoms with Crippen molar-refractivity contribution in [2.24, 2.45) is 0 Å². The minimum absolute atomic E-state index is 0.0219. The number of nitrogens with one attached hydrogen (secondary N) is 1. The highest BCUT2D eigenvalue weighted by atomic mass is 19.1. The summed E-state index contributed by atoms with van der Waals surface area (Å²) in [6.45, 7) is 1.55. The van der Waals surface area contributed by atoms with Crippen LogP contribution in [0.5, 0.6) is 0 Å². The van der Waals surface area contributed by atoms with Crippen molar-refractivity contribution in [1.29, 1.82) is 5.53 Å². The first-order chi connectivity index (χ1) is 13.1. The van der Waals surface area contributed by atoms with Gasteiger partial charge in [0, 0.05) is 6.54 Å². The van der Waals surface area contributed by atoms with Gasteiger partial charge in [0.2, 0.25) is 0 Å². The molecule has 2 aromatic carbocycles. The molecule has 0 radical (unpaired) electrons. The van der Waals surface area contributed by atoms with E-state index < -0.39 is 11.6 Å². The number of halogens is 1. The summed E-state index contributed by atoms with van der Waals surface area (Å²) < 4.78 is 19.5. The zero-order valence-electron chi connectivity index (χ0n) is 14.9. The van der Waals surface area contributed by atoms with Crippen molar-refractivity contribution in [1.82, 2.24) is 4.90 Å². The summed E-state index contributed by atoms with van der Waals surface area (Å²) in [6.07, 6.45) is 3.12. The average Bonchev–Trinajstić information content (AvgIpc) is 2.68. The van der Waals surface area contributed by atoms with Gasteiger partial charge in [0.1, 0.15) is 5.82 Å². The maximum atomic E-state index is 13.4. The molecule has 1 N–H and O–H groups in total. The van der Waals surface area contributed by atoms with Crippen LogP contribution in [0.3, 0.4) is 0 Å². The number of hydrogen-bond acceptors (Lipinski definition) is 4. The molecule has 2 saturated heterocycles. The molecule has 2 atom stereocenters. The lowest BCUT2D eigenvalue weighted by molar-refractivity contribution is -0.210. The number of hydrogen-bond donors (Lipinski definition) is 1. The number of nitrogens with zero attached hydrogens (tertiary/aromatic N) is 2. The Morgan fingerprint density at radius 3 is 2.56 bits per heavy atom. The van der Waals surface area contributed by atoms with Crippen LogP contribution in [0.4, 0.5) is 4.39 Å². The Kier molecular flexibility index (Phi) is 4.60. The molecule has 138 valence electrons. The van der Waals surface area contributed by atoms with Crippen LogP contribution in [0.2, 0.25) is 0 Å². The molecule has 5 nitrogen and oxygen atoms in total. The van der Waals surface area contributed by atoms with E-state index in [9.17, 15) is 9.18 Å². The summed E-state index contributed by atoms with van der Waals surface area (Å²) in [6, 6.07) is 15.1. The normalized spacial score (nSPS) is 24.3. The van der Waals surface area contributed by atoms with Gasteiger partial charge < -0.3 is 4.74 Å². The molecule has 2 aliphatic heterocycles. The first-order valence-electron chi connectivity index (χ1n) is 9.17. The van der Waals surface area contributed by atoms with Gasteiger partial charge in [-0.15, -0.1) is 0 Å². The van der Waals surface area contributed by atoms with E-state index in [1.54, 1.807) is 36.4 Å². The van der Waals surface area contributed by atoms with Gasteiger partial charge in [0.25, 0.3) is 0 Å². The number of benzene rings is 2. The van der Waals surface area contributed by atoms with E-state index in [1.807, 2.05) is 6.07 Å². The molecule has 4 rings (SSSR count).